The number of amides is 1. The number of carbonyl (C=O) groups is 1. The molecule has 0 saturated carbocycles. The quantitative estimate of drug-likeness (QED) is 0.618. The van der Waals surface area contributed by atoms with E-state index in [2.05, 4.69) is 74.6 Å². The van der Waals surface area contributed by atoms with E-state index in [1.165, 1.54) is 21.3 Å². The number of hydrogen-bond acceptors (Lipinski definition) is 1. The highest BCUT2D eigenvalue weighted by molar-refractivity contribution is 14.1. The molecule has 0 radical (unpaired) electrons. The third-order valence-electron chi connectivity index (χ3n) is 5.28. The van der Waals surface area contributed by atoms with Crippen LogP contribution < -0.4 is 0 Å². The Hall–Kier alpha value is -0.840. The van der Waals surface area contributed by atoms with Gasteiger partial charge in [0.05, 0.1) is 6.54 Å². The zero-order valence-electron chi connectivity index (χ0n) is 13.9. The van der Waals surface area contributed by atoms with Crippen molar-refractivity contribution in [3.8, 4) is 0 Å². The molecule has 0 aromatic heterocycles. The second-order valence-electron chi connectivity index (χ2n) is 7.78. The van der Waals surface area contributed by atoms with Crippen LogP contribution in [0.4, 0.5) is 0 Å². The molecule has 2 nitrogen and oxygen atoms in total. The van der Waals surface area contributed by atoms with Crippen molar-refractivity contribution < 1.29 is 4.79 Å². The summed E-state index contributed by atoms with van der Waals surface area (Å²) in [7, 11) is 0. The highest BCUT2D eigenvalue weighted by Crippen LogP contribution is 2.59. The second kappa shape index (κ2) is 5.36. The Kier molecular flexibility index (Phi) is 3.91. The van der Waals surface area contributed by atoms with Crippen LogP contribution in [0.2, 0.25) is 0 Å². The van der Waals surface area contributed by atoms with Crippen LogP contribution in [0, 0.1) is 14.4 Å². The standard InChI is InChI=1S/C19H24INO/c1-5-18(2,3)12-19(4)10-15-16(19)21(17(15)22)11-13-6-8-14(20)9-7-13/h6-9H,5,10-12H2,1-4H3. The summed E-state index contributed by atoms with van der Waals surface area (Å²) in [6.45, 7) is 9.97. The lowest BCUT2D eigenvalue weighted by atomic mass is 9.57. The molecule has 0 bridgehead atoms. The number of hydrogen-bond donors (Lipinski definition) is 0. The van der Waals surface area contributed by atoms with Gasteiger partial charge < -0.3 is 4.90 Å². The van der Waals surface area contributed by atoms with Crippen LogP contribution in [0.15, 0.2) is 35.5 Å². The van der Waals surface area contributed by atoms with Gasteiger partial charge in [0.2, 0.25) is 0 Å². The SMILES string of the molecule is CCC(C)(C)CC1(C)CC2=C1N(Cc1ccc(I)cc1)C2=O. The van der Waals surface area contributed by atoms with Crippen LogP contribution in [-0.2, 0) is 11.3 Å². The number of benzene rings is 1. The van der Waals surface area contributed by atoms with Gasteiger partial charge in [-0.15, -0.1) is 0 Å². The van der Waals surface area contributed by atoms with Crippen molar-refractivity contribution in [2.24, 2.45) is 10.8 Å². The summed E-state index contributed by atoms with van der Waals surface area (Å²) in [6, 6.07) is 8.46. The minimum absolute atomic E-state index is 0.186. The maximum atomic E-state index is 12.3. The topological polar surface area (TPSA) is 20.3 Å². The fourth-order valence-electron chi connectivity index (χ4n) is 3.94. The molecule has 0 fully saturated rings. The van der Waals surface area contributed by atoms with Crippen molar-refractivity contribution in [1.82, 2.24) is 4.90 Å². The maximum absolute atomic E-state index is 12.3. The Bertz CT molecular complexity index is 644. The van der Waals surface area contributed by atoms with E-state index < -0.39 is 0 Å². The van der Waals surface area contributed by atoms with Gasteiger partial charge in [-0.2, -0.15) is 0 Å². The Labute approximate surface area is 147 Å². The number of nitrogens with zero attached hydrogens (tertiary/aromatic N) is 1. The van der Waals surface area contributed by atoms with Crippen molar-refractivity contribution >= 4 is 28.5 Å². The van der Waals surface area contributed by atoms with Crippen molar-refractivity contribution in [2.75, 3.05) is 0 Å². The van der Waals surface area contributed by atoms with Crippen molar-refractivity contribution in [2.45, 2.75) is 53.5 Å². The van der Waals surface area contributed by atoms with Gasteiger partial charge in [-0.3, -0.25) is 4.79 Å². The van der Waals surface area contributed by atoms with Crippen LogP contribution in [0.1, 0.15) is 52.5 Å². The first-order valence-corrected chi connectivity index (χ1v) is 9.14. The first-order valence-electron chi connectivity index (χ1n) is 8.06. The van der Waals surface area contributed by atoms with E-state index >= 15 is 0 Å². The molecule has 1 aromatic rings. The summed E-state index contributed by atoms with van der Waals surface area (Å²) in [4.78, 5) is 14.3. The minimum Gasteiger partial charge on any atom is -0.307 e. The Morgan fingerprint density at radius 3 is 2.50 bits per heavy atom. The number of likely N-dealkylation sites (tertiary alicyclic amines) is 1. The van der Waals surface area contributed by atoms with Gasteiger partial charge in [0.15, 0.2) is 0 Å². The van der Waals surface area contributed by atoms with E-state index in [-0.39, 0.29) is 11.3 Å². The molecule has 1 aliphatic carbocycles. The van der Waals surface area contributed by atoms with Gasteiger partial charge in [0, 0.05) is 20.3 Å². The smallest absolute Gasteiger partial charge is 0.256 e. The van der Waals surface area contributed by atoms with Crippen LogP contribution in [0.3, 0.4) is 0 Å². The fraction of sp³-hybridized carbons (Fsp3) is 0.526. The van der Waals surface area contributed by atoms with E-state index in [4.69, 9.17) is 0 Å². The highest BCUT2D eigenvalue weighted by atomic mass is 127. The predicted octanol–water partition coefficient (Wildman–Crippen LogP) is 5.12. The molecule has 0 saturated heterocycles. The van der Waals surface area contributed by atoms with Crippen LogP contribution >= 0.6 is 22.6 Å². The third-order valence-corrected chi connectivity index (χ3v) is 6.00. The lowest BCUT2D eigenvalue weighted by molar-refractivity contribution is -0.135. The minimum atomic E-state index is 0.186. The van der Waals surface area contributed by atoms with Crippen molar-refractivity contribution in [3.05, 3.63) is 44.7 Å². The van der Waals surface area contributed by atoms with Crippen molar-refractivity contribution in [3.63, 3.8) is 0 Å². The Morgan fingerprint density at radius 2 is 1.91 bits per heavy atom. The first kappa shape index (κ1) is 16.0. The van der Waals surface area contributed by atoms with Gasteiger partial charge in [-0.25, -0.2) is 0 Å². The normalized spacial score (nSPS) is 24.0. The van der Waals surface area contributed by atoms with Crippen LogP contribution in [0.5, 0.6) is 0 Å². The van der Waals surface area contributed by atoms with Crippen LogP contribution in [-0.4, -0.2) is 10.8 Å². The number of rotatable bonds is 5. The van der Waals surface area contributed by atoms with Gasteiger partial charge in [-0.05, 0) is 58.5 Å². The molecule has 22 heavy (non-hydrogen) atoms. The summed E-state index contributed by atoms with van der Waals surface area (Å²) in [6.07, 6.45) is 3.30. The maximum Gasteiger partial charge on any atom is 0.256 e. The Balaban J connectivity index is 1.76. The number of carbonyl (C=O) groups excluding carboxylic acids is 1. The summed E-state index contributed by atoms with van der Waals surface area (Å²) < 4.78 is 1.23. The van der Waals surface area contributed by atoms with Gasteiger partial charge in [0.25, 0.3) is 5.91 Å². The zero-order valence-corrected chi connectivity index (χ0v) is 16.0. The molecule has 3 rings (SSSR count). The largest absolute Gasteiger partial charge is 0.307 e. The number of piperidine rings is 1. The van der Waals surface area contributed by atoms with E-state index in [9.17, 15) is 4.79 Å². The summed E-state index contributed by atoms with van der Waals surface area (Å²) in [5.74, 6) is 0.250. The number of allylic oxidation sites excluding steroid dienone is 1. The molecule has 2 aliphatic rings. The molecule has 1 heterocycles. The monoisotopic (exact) mass is 409 g/mol. The van der Waals surface area contributed by atoms with Gasteiger partial charge in [-0.1, -0.05) is 46.2 Å². The molecule has 1 unspecified atom stereocenters. The summed E-state index contributed by atoms with van der Waals surface area (Å²) in [5, 5.41) is 0. The number of halogens is 1. The van der Waals surface area contributed by atoms with Gasteiger partial charge >= 0.3 is 0 Å². The molecule has 0 N–H and O–H groups in total. The molecule has 1 atom stereocenters. The Morgan fingerprint density at radius 1 is 1.27 bits per heavy atom. The highest BCUT2D eigenvalue weighted by Gasteiger charge is 2.56. The molecule has 1 amide bonds. The van der Waals surface area contributed by atoms with E-state index in [1.807, 2.05) is 4.90 Å². The lowest BCUT2D eigenvalue weighted by Gasteiger charge is -2.56. The van der Waals surface area contributed by atoms with E-state index in [1.54, 1.807) is 0 Å². The first-order chi connectivity index (χ1) is 10.3. The average molecular weight is 409 g/mol. The lowest BCUT2D eigenvalue weighted by Crippen LogP contribution is -2.56. The molecular weight excluding hydrogens is 385 g/mol. The van der Waals surface area contributed by atoms with E-state index in [0.717, 1.165) is 25.0 Å². The molecule has 118 valence electrons. The zero-order chi connectivity index (χ0) is 16.1. The second-order valence-corrected chi connectivity index (χ2v) is 9.02. The molecule has 1 aliphatic heterocycles. The fourth-order valence-corrected chi connectivity index (χ4v) is 4.30. The predicted molar refractivity (Wildman–Crippen MR) is 98.1 cm³/mol. The summed E-state index contributed by atoms with van der Waals surface area (Å²) >= 11 is 2.31. The molecule has 0 spiro atoms. The summed E-state index contributed by atoms with van der Waals surface area (Å²) in [5.41, 5.74) is 4.13. The van der Waals surface area contributed by atoms with Crippen molar-refractivity contribution in [1.29, 1.82) is 0 Å². The average Bonchev–Trinajstić information content (AvgIpc) is 2.45. The molecule has 1 aromatic carbocycles. The molecular formula is C19H24INO. The molecule has 3 heteroatoms. The van der Waals surface area contributed by atoms with E-state index in [0.29, 0.717) is 5.41 Å². The van der Waals surface area contributed by atoms with Gasteiger partial charge in [0.1, 0.15) is 0 Å². The third kappa shape index (κ3) is 2.61. The van der Waals surface area contributed by atoms with Crippen LogP contribution in [0.25, 0.3) is 0 Å².